The summed E-state index contributed by atoms with van der Waals surface area (Å²) in [7, 11) is -0.837. The quantitative estimate of drug-likeness (QED) is 0.851. The first kappa shape index (κ1) is 13.5. The molecule has 5 heteroatoms. The zero-order chi connectivity index (χ0) is 12.1. The van der Waals surface area contributed by atoms with E-state index in [-0.39, 0.29) is 11.0 Å². The van der Waals surface area contributed by atoms with E-state index < -0.39 is 10.8 Å². The molecule has 0 aliphatic heterocycles. The zero-order valence-corrected chi connectivity index (χ0v) is 10.9. The number of hydrogen-bond acceptors (Lipinski definition) is 3. The summed E-state index contributed by atoms with van der Waals surface area (Å²) in [6.45, 7) is 3.02. The Morgan fingerprint density at radius 2 is 2.25 bits per heavy atom. The van der Waals surface area contributed by atoms with Crippen molar-refractivity contribution in [2.75, 3.05) is 12.8 Å². The molecule has 0 bridgehead atoms. The molecule has 0 aliphatic carbocycles. The molecular weight excluding hydrogens is 246 g/mol. The summed E-state index contributed by atoms with van der Waals surface area (Å²) < 4.78 is 11.1. The largest absolute Gasteiger partial charge is 0.508 e. The zero-order valence-electron chi connectivity index (χ0n) is 9.37. The number of aromatic hydroxyl groups is 1. The van der Waals surface area contributed by atoms with Crippen LogP contribution < -0.4 is 5.32 Å². The monoisotopic (exact) mass is 261 g/mol. The van der Waals surface area contributed by atoms with Gasteiger partial charge >= 0.3 is 0 Å². The van der Waals surface area contributed by atoms with Gasteiger partial charge in [-0.15, -0.1) is 0 Å². The lowest BCUT2D eigenvalue weighted by Gasteiger charge is -2.11. The molecule has 0 aromatic heterocycles. The van der Waals surface area contributed by atoms with Crippen molar-refractivity contribution in [2.45, 2.75) is 18.7 Å². The topological polar surface area (TPSA) is 49.3 Å². The van der Waals surface area contributed by atoms with Crippen LogP contribution in [0.5, 0.6) is 5.75 Å². The number of phenols is 1. The molecule has 3 nitrogen and oxygen atoms in total. The molecule has 0 fully saturated rings. The molecule has 0 saturated heterocycles. The summed E-state index contributed by atoms with van der Waals surface area (Å²) in [6, 6.07) is 5.04. The van der Waals surface area contributed by atoms with Gasteiger partial charge in [0, 0.05) is 46.0 Å². The van der Waals surface area contributed by atoms with Crippen LogP contribution in [0.2, 0.25) is 5.02 Å². The third-order valence-electron chi connectivity index (χ3n) is 2.39. The third-order valence-corrected chi connectivity index (χ3v) is 4.05. The predicted molar refractivity (Wildman–Crippen MR) is 68.4 cm³/mol. The summed E-state index contributed by atoms with van der Waals surface area (Å²) >= 11 is 5.95. The van der Waals surface area contributed by atoms with Crippen LogP contribution in [-0.4, -0.2) is 27.4 Å². The molecule has 1 aromatic carbocycles. The van der Waals surface area contributed by atoms with E-state index in [2.05, 4.69) is 5.32 Å². The highest BCUT2D eigenvalue weighted by Gasteiger charge is 2.08. The lowest BCUT2D eigenvalue weighted by Crippen LogP contribution is -2.27. The highest BCUT2D eigenvalue weighted by Crippen LogP contribution is 2.24. The molecule has 0 amide bonds. The Balaban J connectivity index is 2.52. The summed E-state index contributed by atoms with van der Waals surface area (Å²) in [4.78, 5) is 0. The van der Waals surface area contributed by atoms with Crippen molar-refractivity contribution < 1.29 is 9.32 Å². The van der Waals surface area contributed by atoms with Crippen LogP contribution in [0, 0.1) is 0 Å². The second-order valence-electron chi connectivity index (χ2n) is 3.68. The van der Waals surface area contributed by atoms with E-state index in [1.54, 1.807) is 24.5 Å². The first-order valence-electron chi connectivity index (χ1n) is 5.01. The van der Waals surface area contributed by atoms with E-state index in [1.165, 1.54) is 0 Å². The standard InChI is InChI=1S/C11H16ClNO2S/c1-8(16(2)15)6-13-7-9-10(12)4-3-5-11(9)14/h3-5,8,13-14H,6-7H2,1-2H3. The number of benzene rings is 1. The van der Waals surface area contributed by atoms with Gasteiger partial charge in [-0.25, -0.2) is 0 Å². The van der Waals surface area contributed by atoms with Gasteiger partial charge < -0.3 is 10.4 Å². The minimum absolute atomic E-state index is 0.0876. The maximum absolute atomic E-state index is 11.1. The van der Waals surface area contributed by atoms with E-state index in [4.69, 9.17) is 11.6 Å². The van der Waals surface area contributed by atoms with Crippen molar-refractivity contribution in [2.24, 2.45) is 0 Å². The molecule has 90 valence electrons. The Kier molecular flexibility index (Phi) is 5.25. The van der Waals surface area contributed by atoms with E-state index in [1.807, 2.05) is 6.92 Å². The molecule has 16 heavy (non-hydrogen) atoms. The Labute approximate surface area is 103 Å². The molecule has 0 saturated carbocycles. The van der Waals surface area contributed by atoms with Gasteiger partial charge in [-0.05, 0) is 19.1 Å². The highest BCUT2D eigenvalue weighted by molar-refractivity contribution is 7.84. The Hall–Kier alpha value is -0.580. The third kappa shape index (κ3) is 3.77. The number of halogens is 1. The second-order valence-corrected chi connectivity index (χ2v) is 5.89. The normalized spacial score (nSPS) is 14.7. The van der Waals surface area contributed by atoms with E-state index in [9.17, 15) is 9.32 Å². The molecule has 0 radical (unpaired) electrons. The van der Waals surface area contributed by atoms with Gasteiger partial charge in [0.05, 0.1) is 0 Å². The number of phenolic OH excluding ortho intramolecular Hbond substituents is 1. The first-order chi connectivity index (χ1) is 7.52. The fourth-order valence-corrected chi connectivity index (χ4v) is 1.83. The van der Waals surface area contributed by atoms with Crippen molar-refractivity contribution in [3.8, 4) is 5.75 Å². The summed E-state index contributed by atoms with van der Waals surface area (Å²) in [6.07, 6.45) is 1.68. The fraction of sp³-hybridized carbons (Fsp3) is 0.455. The lowest BCUT2D eigenvalue weighted by molar-refractivity contribution is 0.464. The van der Waals surface area contributed by atoms with Crippen LogP contribution in [-0.2, 0) is 17.3 Å². The smallest absolute Gasteiger partial charge is 0.121 e. The Morgan fingerprint density at radius 3 is 2.81 bits per heavy atom. The molecule has 1 rings (SSSR count). The van der Waals surface area contributed by atoms with Crippen molar-refractivity contribution in [1.82, 2.24) is 5.32 Å². The molecule has 2 unspecified atom stereocenters. The predicted octanol–water partition coefficient (Wildman–Crippen LogP) is 1.90. The molecular formula is C11H16ClNO2S. The minimum Gasteiger partial charge on any atom is -0.508 e. The summed E-state index contributed by atoms with van der Waals surface area (Å²) in [5, 5.41) is 13.3. The molecule has 0 aliphatic rings. The summed E-state index contributed by atoms with van der Waals surface area (Å²) in [5.74, 6) is 0.185. The molecule has 1 aromatic rings. The van der Waals surface area contributed by atoms with Gasteiger partial charge in [0.2, 0.25) is 0 Å². The lowest BCUT2D eigenvalue weighted by atomic mass is 10.2. The van der Waals surface area contributed by atoms with E-state index in [0.29, 0.717) is 23.7 Å². The number of rotatable bonds is 5. The Bertz CT molecular complexity index is 364. The molecule has 0 heterocycles. The fourth-order valence-electron chi connectivity index (χ4n) is 1.24. The van der Waals surface area contributed by atoms with Crippen LogP contribution in [0.3, 0.4) is 0 Å². The average molecular weight is 262 g/mol. The van der Waals surface area contributed by atoms with Crippen LogP contribution in [0.1, 0.15) is 12.5 Å². The SMILES string of the molecule is CC(CNCc1c(O)cccc1Cl)S(C)=O. The molecule has 2 N–H and O–H groups in total. The van der Waals surface area contributed by atoms with Gasteiger partial charge in [0.15, 0.2) is 0 Å². The van der Waals surface area contributed by atoms with Gasteiger partial charge in [-0.3, -0.25) is 4.21 Å². The van der Waals surface area contributed by atoms with Crippen molar-refractivity contribution in [1.29, 1.82) is 0 Å². The molecule has 2 atom stereocenters. The van der Waals surface area contributed by atoms with Crippen LogP contribution in [0.15, 0.2) is 18.2 Å². The van der Waals surface area contributed by atoms with Crippen LogP contribution in [0.4, 0.5) is 0 Å². The maximum Gasteiger partial charge on any atom is 0.121 e. The molecule has 0 spiro atoms. The van der Waals surface area contributed by atoms with Crippen LogP contribution in [0.25, 0.3) is 0 Å². The van der Waals surface area contributed by atoms with Crippen molar-refractivity contribution in [3.63, 3.8) is 0 Å². The van der Waals surface area contributed by atoms with E-state index in [0.717, 1.165) is 0 Å². The van der Waals surface area contributed by atoms with Crippen LogP contribution >= 0.6 is 11.6 Å². The second kappa shape index (κ2) is 6.23. The minimum atomic E-state index is -0.837. The first-order valence-corrected chi connectivity index (χ1v) is 7.01. The number of hydrogen-bond donors (Lipinski definition) is 2. The van der Waals surface area contributed by atoms with Gasteiger partial charge in [-0.2, -0.15) is 0 Å². The van der Waals surface area contributed by atoms with E-state index >= 15 is 0 Å². The van der Waals surface area contributed by atoms with Gasteiger partial charge in [-0.1, -0.05) is 17.7 Å². The van der Waals surface area contributed by atoms with Crippen molar-refractivity contribution in [3.05, 3.63) is 28.8 Å². The average Bonchev–Trinajstić information content (AvgIpc) is 2.22. The summed E-state index contributed by atoms with van der Waals surface area (Å²) in [5.41, 5.74) is 0.679. The van der Waals surface area contributed by atoms with Gasteiger partial charge in [0.25, 0.3) is 0 Å². The Morgan fingerprint density at radius 1 is 1.56 bits per heavy atom. The number of nitrogens with one attached hydrogen (secondary N) is 1. The highest BCUT2D eigenvalue weighted by atomic mass is 35.5. The van der Waals surface area contributed by atoms with Gasteiger partial charge in [0.1, 0.15) is 5.75 Å². The van der Waals surface area contributed by atoms with Crippen molar-refractivity contribution >= 4 is 22.4 Å². The maximum atomic E-state index is 11.1.